The molecule has 5 heteroatoms. The first kappa shape index (κ1) is 21.9. The monoisotopic (exact) mass is 431 g/mol. The van der Waals surface area contributed by atoms with Gasteiger partial charge in [0.2, 0.25) is 0 Å². The molecule has 1 heterocycles. The molecule has 0 saturated heterocycles. The molecular weight excluding hydrogens is 402 g/mol. The van der Waals surface area contributed by atoms with Gasteiger partial charge in [0, 0.05) is 24.9 Å². The Morgan fingerprint density at radius 1 is 1.03 bits per heavy atom. The summed E-state index contributed by atoms with van der Waals surface area (Å²) in [4.78, 5) is 12.8. The minimum Gasteiger partial charge on any atom is -0.483 e. The van der Waals surface area contributed by atoms with Crippen molar-refractivity contribution in [2.45, 2.75) is 45.1 Å². The minimum atomic E-state index is -0.755. The number of carbonyl (C=O) groups excluding carboxylic acids is 1. The summed E-state index contributed by atoms with van der Waals surface area (Å²) in [5.74, 6) is 0.334. The van der Waals surface area contributed by atoms with E-state index in [1.807, 2.05) is 50.2 Å². The Kier molecular flexibility index (Phi) is 6.19. The van der Waals surface area contributed by atoms with Crippen molar-refractivity contribution < 1.29 is 19.0 Å². The van der Waals surface area contributed by atoms with Crippen LogP contribution in [-0.2, 0) is 16.0 Å². The van der Waals surface area contributed by atoms with Gasteiger partial charge < -0.3 is 19.5 Å². The molecule has 0 radical (unpaired) electrons. The number of hydrogen-bond acceptors (Lipinski definition) is 5. The molecule has 1 N–H and O–H groups in total. The van der Waals surface area contributed by atoms with E-state index in [0.29, 0.717) is 12.1 Å². The lowest BCUT2D eigenvalue weighted by molar-refractivity contribution is -0.129. The summed E-state index contributed by atoms with van der Waals surface area (Å²) in [6.07, 6.45) is -1.07. The number of rotatable bonds is 6. The minimum absolute atomic E-state index is 0.397. The van der Waals surface area contributed by atoms with Crippen molar-refractivity contribution in [1.29, 1.82) is 0 Å². The summed E-state index contributed by atoms with van der Waals surface area (Å²) in [5.41, 5.74) is 3.98. The molecule has 0 saturated carbocycles. The standard InChI is InChI=1S/C27H29NO4/c1-18-10-12-19(13-11-18)17-28-21-14-15-23-22(16-21)24(30-4)25(27(2,3)32-23)31-26(29)20-8-6-5-7-9-20/h5-16,24-25,28H,17H2,1-4H3. The number of esters is 1. The number of hydrogen-bond donors (Lipinski definition) is 1. The van der Waals surface area contributed by atoms with Gasteiger partial charge >= 0.3 is 5.97 Å². The zero-order valence-electron chi connectivity index (χ0n) is 18.9. The summed E-state index contributed by atoms with van der Waals surface area (Å²) >= 11 is 0. The van der Waals surface area contributed by atoms with Crippen molar-refractivity contribution in [2.24, 2.45) is 0 Å². The van der Waals surface area contributed by atoms with Crippen molar-refractivity contribution in [2.75, 3.05) is 12.4 Å². The zero-order chi connectivity index (χ0) is 22.7. The molecule has 0 bridgehead atoms. The first-order valence-electron chi connectivity index (χ1n) is 10.8. The summed E-state index contributed by atoms with van der Waals surface area (Å²) in [5, 5.41) is 3.46. The van der Waals surface area contributed by atoms with Gasteiger partial charge in [-0.25, -0.2) is 4.79 Å². The molecule has 1 aliphatic rings. The highest BCUT2D eigenvalue weighted by Crippen LogP contribution is 2.44. The summed E-state index contributed by atoms with van der Waals surface area (Å²) in [7, 11) is 1.63. The van der Waals surface area contributed by atoms with Crippen LogP contribution in [0.4, 0.5) is 5.69 Å². The Hall–Kier alpha value is -3.31. The van der Waals surface area contributed by atoms with Gasteiger partial charge in [-0.3, -0.25) is 0 Å². The Morgan fingerprint density at radius 3 is 2.44 bits per heavy atom. The number of methoxy groups -OCH3 is 1. The van der Waals surface area contributed by atoms with Crippen LogP contribution in [-0.4, -0.2) is 24.8 Å². The molecule has 5 nitrogen and oxygen atoms in total. The van der Waals surface area contributed by atoms with Crippen LogP contribution >= 0.6 is 0 Å². The predicted molar refractivity (Wildman–Crippen MR) is 125 cm³/mol. The van der Waals surface area contributed by atoms with Gasteiger partial charge in [-0.15, -0.1) is 0 Å². The second-order valence-corrected chi connectivity index (χ2v) is 8.65. The second kappa shape index (κ2) is 9.05. The van der Waals surface area contributed by atoms with Gasteiger partial charge in [0.05, 0.1) is 5.56 Å². The number of ether oxygens (including phenoxy) is 3. The third-order valence-corrected chi connectivity index (χ3v) is 5.76. The maximum atomic E-state index is 12.8. The van der Waals surface area contributed by atoms with Crippen LogP contribution in [0.1, 0.15) is 47.0 Å². The number of carbonyl (C=O) groups is 1. The number of benzene rings is 3. The van der Waals surface area contributed by atoms with Crippen molar-refractivity contribution in [1.82, 2.24) is 0 Å². The first-order chi connectivity index (χ1) is 15.4. The third kappa shape index (κ3) is 4.63. The summed E-state index contributed by atoms with van der Waals surface area (Å²) in [6, 6.07) is 23.3. The second-order valence-electron chi connectivity index (χ2n) is 8.65. The number of fused-ring (bicyclic) bond motifs is 1. The molecule has 0 amide bonds. The van der Waals surface area contributed by atoms with E-state index in [-0.39, 0.29) is 0 Å². The predicted octanol–water partition coefficient (Wildman–Crippen LogP) is 5.69. The third-order valence-electron chi connectivity index (χ3n) is 5.76. The topological polar surface area (TPSA) is 56.8 Å². The van der Waals surface area contributed by atoms with Gasteiger partial charge in [-0.05, 0) is 56.7 Å². The fourth-order valence-corrected chi connectivity index (χ4v) is 3.96. The van der Waals surface area contributed by atoms with Crippen molar-refractivity contribution in [3.05, 3.63) is 95.1 Å². The van der Waals surface area contributed by atoms with Crippen LogP contribution in [0.3, 0.4) is 0 Å². The van der Waals surface area contributed by atoms with Crippen LogP contribution < -0.4 is 10.1 Å². The highest BCUT2D eigenvalue weighted by Gasteiger charge is 2.47. The largest absolute Gasteiger partial charge is 0.483 e. The highest BCUT2D eigenvalue weighted by molar-refractivity contribution is 5.89. The van der Waals surface area contributed by atoms with Gasteiger partial charge in [-0.1, -0.05) is 48.0 Å². The van der Waals surface area contributed by atoms with Gasteiger partial charge in [-0.2, -0.15) is 0 Å². The molecule has 2 atom stereocenters. The lowest BCUT2D eigenvalue weighted by atomic mass is 9.87. The van der Waals surface area contributed by atoms with Crippen LogP contribution in [0.2, 0.25) is 0 Å². The average molecular weight is 432 g/mol. The molecule has 3 aromatic carbocycles. The fraction of sp³-hybridized carbons (Fsp3) is 0.296. The van der Waals surface area contributed by atoms with Crippen LogP contribution in [0.25, 0.3) is 0 Å². The van der Waals surface area contributed by atoms with Crippen molar-refractivity contribution >= 4 is 11.7 Å². The van der Waals surface area contributed by atoms with Gasteiger partial charge in [0.15, 0.2) is 6.10 Å². The number of aryl methyl sites for hydroxylation is 1. The Labute approximate surface area is 189 Å². The number of nitrogens with one attached hydrogen (secondary N) is 1. The Balaban J connectivity index is 1.57. The molecule has 0 spiro atoms. The molecule has 32 heavy (non-hydrogen) atoms. The molecule has 1 aliphatic heterocycles. The van der Waals surface area contributed by atoms with Gasteiger partial charge in [0.1, 0.15) is 17.5 Å². The van der Waals surface area contributed by atoms with E-state index < -0.39 is 23.8 Å². The molecule has 4 rings (SSSR count). The molecule has 0 aromatic heterocycles. The summed E-state index contributed by atoms with van der Waals surface area (Å²) < 4.78 is 18.0. The van der Waals surface area contributed by atoms with Crippen LogP contribution in [0, 0.1) is 6.92 Å². The maximum absolute atomic E-state index is 12.8. The number of anilines is 1. The van der Waals surface area contributed by atoms with E-state index in [1.54, 1.807) is 19.2 Å². The van der Waals surface area contributed by atoms with Crippen molar-refractivity contribution in [3.63, 3.8) is 0 Å². The molecule has 0 aliphatic carbocycles. The average Bonchev–Trinajstić information content (AvgIpc) is 2.79. The van der Waals surface area contributed by atoms with E-state index in [2.05, 4.69) is 36.5 Å². The van der Waals surface area contributed by atoms with Crippen LogP contribution in [0.5, 0.6) is 5.75 Å². The lowest BCUT2D eigenvalue weighted by Crippen LogP contribution is -2.51. The van der Waals surface area contributed by atoms with Crippen molar-refractivity contribution in [3.8, 4) is 5.75 Å². The molecule has 2 unspecified atom stereocenters. The van der Waals surface area contributed by atoms with E-state index >= 15 is 0 Å². The summed E-state index contributed by atoms with van der Waals surface area (Å²) in [6.45, 7) is 6.60. The molecular formula is C27H29NO4. The van der Waals surface area contributed by atoms with Crippen LogP contribution in [0.15, 0.2) is 72.8 Å². The smallest absolute Gasteiger partial charge is 0.338 e. The van der Waals surface area contributed by atoms with E-state index in [1.165, 1.54) is 11.1 Å². The van der Waals surface area contributed by atoms with E-state index in [0.717, 1.165) is 17.0 Å². The maximum Gasteiger partial charge on any atom is 0.338 e. The lowest BCUT2D eigenvalue weighted by Gasteiger charge is -2.43. The van der Waals surface area contributed by atoms with E-state index in [4.69, 9.17) is 14.2 Å². The molecule has 3 aromatic rings. The quantitative estimate of drug-likeness (QED) is 0.508. The fourth-order valence-electron chi connectivity index (χ4n) is 3.96. The Morgan fingerprint density at radius 2 is 1.75 bits per heavy atom. The molecule has 0 fully saturated rings. The first-order valence-corrected chi connectivity index (χ1v) is 10.8. The SMILES string of the molecule is COC1c2cc(NCc3ccc(C)cc3)ccc2OC(C)(C)C1OC(=O)c1ccccc1. The van der Waals surface area contributed by atoms with E-state index in [9.17, 15) is 4.79 Å². The highest BCUT2D eigenvalue weighted by atomic mass is 16.6. The zero-order valence-corrected chi connectivity index (χ0v) is 18.9. The normalized spacial score (nSPS) is 18.9. The Bertz CT molecular complexity index is 1080. The van der Waals surface area contributed by atoms with Gasteiger partial charge in [0.25, 0.3) is 0 Å². The molecule has 166 valence electrons.